The fraction of sp³-hybridized carbons (Fsp3) is 0.400. The zero-order chi connectivity index (χ0) is 14.3. The van der Waals surface area contributed by atoms with Crippen LogP contribution in [-0.4, -0.2) is 24.8 Å². The highest BCUT2D eigenvalue weighted by Gasteiger charge is 2.08. The van der Waals surface area contributed by atoms with Crippen LogP contribution in [0, 0.1) is 0 Å². The van der Waals surface area contributed by atoms with Crippen LogP contribution in [0.25, 0.3) is 5.57 Å². The normalized spacial score (nSPS) is 11.2. The molecular formula is C15H20O4. The molecule has 1 aromatic rings. The minimum absolute atomic E-state index is 0.0265. The van der Waals surface area contributed by atoms with Crippen molar-refractivity contribution < 1.29 is 19.4 Å². The van der Waals surface area contributed by atoms with Gasteiger partial charge in [-0.15, -0.1) is 0 Å². The molecule has 4 nitrogen and oxygen atoms in total. The molecule has 0 aliphatic carbocycles. The van der Waals surface area contributed by atoms with Gasteiger partial charge in [0.1, 0.15) is 0 Å². The maximum Gasteiger partial charge on any atom is 0.307 e. The highest BCUT2D eigenvalue weighted by Crippen LogP contribution is 2.31. The molecule has 0 spiro atoms. The van der Waals surface area contributed by atoms with E-state index in [0.717, 1.165) is 17.6 Å². The number of rotatable bonds is 7. The molecule has 0 radical (unpaired) electrons. The lowest BCUT2D eigenvalue weighted by atomic mass is 10.0. The van der Waals surface area contributed by atoms with Crippen LogP contribution in [0.4, 0.5) is 0 Å². The van der Waals surface area contributed by atoms with Crippen molar-refractivity contribution in [1.29, 1.82) is 0 Å². The smallest absolute Gasteiger partial charge is 0.307 e. The van der Waals surface area contributed by atoms with Crippen molar-refractivity contribution in [1.82, 2.24) is 0 Å². The van der Waals surface area contributed by atoms with Crippen molar-refractivity contribution in [3.05, 3.63) is 29.8 Å². The van der Waals surface area contributed by atoms with Gasteiger partial charge in [0.2, 0.25) is 0 Å². The number of carbonyl (C=O) groups is 1. The van der Waals surface area contributed by atoms with E-state index in [1.165, 1.54) is 0 Å². The minimum Gasteiger partial charge on any atom is -0.493 e. The van der Waals surface area contributed by atoms with Gasteiger partial charge in [-0.3, -0.25) is 4.79 Å². The molecule has 0 unspecified atom stereocenters. The molecule has 0 fully saturated rings. The third-order valence-electron chi connectivity index (χ3n) is 2.74. The van der Waals surface area contributed by atoms with E-state index < -0.39 is 5.97 Å². The molecule has 0 aliphatic heterocycles. The number of aliphatic carboxylic acids is 1. The number of ether oxygens (including phenoxy) is 2. The van der Waals surface area contributed by atoms with Gasteiger partial charge in [0.05, 0.1) is 20.1 Å². The Morgan fingerprint density at radius 3 is 2.58 bits per heavy atom. The summed E-state index contributed by atoms with van der Waals surface area (Å²) in [6, 6.07) is 5.65. The summed E-state index contributed by atoms with van der Waals surface area (Å²) in [4.78, 5) is 10.6. The lowest BCUT2D eigenvalue weighted by molar-refractivity contribution is -0.135. The highest BCUT2D eigenvalue weighted by molar-refractivity contribution is 5.75. The van der Waals surface area contributed by atoms with Crippen molar-refractivity contribution >= 4 is 11.5 Å². The van der Waals surface area contributed by atoms with E-state index in [9.17, 15) is 4.79 Å². The summed E-state index contributed by atoms with van der Waals surface area (Å²) in [7, 11) is 1.59. The largest absolute Gasteiger partial charge is 0.493 e. The van der Waals surface area contributed by atoms with Gasteiger partial charge in [0, 0.05) is 0 Å². The second-order valence-corrected chi connectivity index (χ2v) is 3.98. The SMILES string of the molecule is CCOc1ccc(/C(=C/CC(=O)O)CC)cc1OC. The van der Waals surface area contributed by atoms with Crippen LogP contribution in [0.3, 0.4) is 0 Å². The third-order valence-corrected chi connectivity index (χ3v) is 2.74. The Morgan fingerprint density at radius 1 is 1.32 bits per heavy atom. The monoisotopic (exact) mass is 264 g/mol. The molecule has 0 atom stereocenters. The number of benzene rings is 1. The topological polar surface area (TPSA) is 55.8 Å². The predicted molar refractivity (Wildman–Crippen MR) is 74.7 cm³/mol. The first-order valence-electron chi connectivity index (χ1n) is 6.34. The molecule has 1 rings (SSSR count). The van der Waals surface area contributed by atoms with E-state index in [0.29, 0.717) is 18.1 Å². The number of methoxy groups -OCH3 is 1. The second kappa shape index (κ2) is 7.46. The van der Waals surface area contributed by atoms with Crippen molar-refractivity contribution in [2.45, 2.75) is 26.7 Å². The maximum absolute atomic E-state index is 10.6. The molecule has 1 N–H and O–H groups in total. The number of hydrogen-bond acceptors (Lipinski definition) is 3. The van der Waals surface area contributed by atoms with E-state index in [1.807, 2.05) is 32.0 Å². The Kier molecular flexibility index (Phi) is 5.93. The molecule has 0 amide bonds. The Labute approximate surface area is 113 Å². The number of allylic oxidation sites excluding steroid dienone is 1. The number of carboxylic acids is 1. The zero-order valence-electron chi connectivity index (χ0n) is 11.6. The van der Waals surface area contributed by atoms with Crippen molar-refractivity contribution in [3.63, 3.8) is 0 Å². The van der Waals surface area contributed by atoms with Gasteiger partial charge < -0.3 is 14.6 Å². The van der Waals surface area contributed by atoms with E-state index in [1.54, 1.807) is 13.2 Å². The lowest BCUT2D eigenvalue weighted by Crippen LogP contribution is -1.97. The molecule has 0 bridgehead atoms. The van der Waals surface area contributed by atoms with Crippen LogP contribution in [-0.2, 0) is 4.79 Å². The Morgan fingerprint density at radius 2 is 2.05 bits per heavy atom. The second-order valence-electron chi connectivity index (χ2n) is 3.98. The first kappa shape index (κ1) is 15.1. The van der Waals surface area contributed by atoms with Crippen molar-refractivity contribution in [2.75, 3.05) is 13.7 Å². The summed E-state index contributed by atoms with van der Waals surface area (Å²) in [6.45, 7) is 4.49. The van der Waals surface area contributed by atoms with Gasteiger partial charge >= 0.3 is 5.97 Å². The van der Waals surface area contributed by atoms with E-state index in [4.69, 9.17) is 14.6 Å². The van der Waals surface area contributed by atoms with Crippen LogP contribution in [0.1, 0.15) is 32.3 Å². The van der Waals surface area contributed by atoms with Gasteiger partial charge in [-0.1, -0.05) is 19.1 Å². The summed E-state index contributed by atoms with van der Waals surface area (Å²) in [5.41, 5.74) is 1.95. The zero-order valence-corrected chi connectivity index (χ0v) is 11.6. The lowest BCUT2D eigenvalue weighted by Gasteiger charge is -2.12. The van der Waals surface area contributed by atoms with Gasteiger partial charge in [0.15, 0.2) is 11.5 Å². The molecule has 104 valence electrons. The molecule has 0 aromatic heterocycles. The standard InChI is InChI=1S/C15H20O4/c1-4-11(7-9-15(16)17)12-6-8-13(19-5-2)14(10-12)18-3/h6-8,10H,4-5,9H2,1-3H3,(H,16,17)/b11-7+. The van der Waals surface area contributed by atoms with Crippen LogP contribution in [0.2, 0.25) is 0 Å². The van der Waals surface area contributed by atoms with Gasteiger partial charge in [-0.2, -0.15) is 0 Å². The van der Waals surface area contributed by atoms with E-state index in [-0.39, 0.29) is 6.42 Å². The Balaban J connectivity index is 3.05. The van der Waals surface area contributed by atoms with Crippen LogP contribution < -0.4 is 9.47 Å². The molecule has 1 aromatic carbocycles. The Hall–Kier alpha value is -1.97. The molecule has 0 heterocycles. The molecule has 0 saturated carbocycles. The third kappa shape index (κ3) is 4.32. The fourth-order valence-corrected chi connectivity index (χ4v) is 1.82. The van der Waals surface area contributed by atoms with Crippen LogP contribution >= 0.6 is 0 Å². The van der Waals surface area contributed by atoms with Crippen molar-refractivity contribution in [2.24, 2.45) is 0 Å². The fourth-order valence-electron chi connectivity index (χ4n) is 1.82. The summed E-state index contributed by atoms with van der Waals surface area (Å²) < 4.78 is 10.7. The first-order chi connectivity index (χ1) is 9.12. The van der Waals surface area contributed by atoms with E-state index >= 15 is 0 Å². The highest BCUT2D eigenvalue weighted by atomic mass is 16.5. The summed E-state index contributed by atoms with van der Waals surface area (Å²) in [6.07, 6.45) is 2.53. The predicted octanol–water partition coefficient (Wildman–Crippen LogP) is 3.36. The molecular weight excluding hydrogens is 244 g/mol. The van der Waals surface area contributed by atoms with Gasteiger partial charge in [0.25, 0.3) is 0 Å². The van der Waals surface area contributed by atoms with Gasteiger partial charge in [-0.05, 0) is 36.6 Å². The van der Waals surface area contributed by atoms with E-state index in [2.05, 4.69) is 0 Å². The van der Waals surface area contributed by atoms with Gasteiger partial charge in [-0.25, -0.2) is 0 Å². The van der Waals surface area contributed by atoms with Crippen LogP contribution in [0.15, 0.2) is 24.3 Å². The molecule has 0 saturated heterocycles. The summed E-state index contributed by atoms with van der Waals surface area (Å²) in [5, 5.41) is 8.73. The maximum atomic E-state index is 10.6. The minimum atomic E-state index is -0.830. The molecule has 0 aliphatic rings. The summed E-state index contributed by atoms with van der Waals surface area (Å²) in [5.74, 6) is 0.528. The van der Waals surface area contributed by atoms with Crippen LogP contribution in [0.5, 0.6) is 11.5 Å². The quantitative estimate of drug-likeness (QED) is 0.820. The summed E-state index contributed by atoms with van der Waals surface area (Å²) >= 11 is 0. The van der Waals surface area contributed by atoms with Crippen molar-refractivity contribution in [3.8, 4) is 11.5 Å². The molecule has 19 heavy (non-hydrogen) atoms. The first-order valence-corrected chi connectivity index (χ1v) is 6.34. The molecule has 4 heteroatoms. The number of hydrogen-bond donors (Lipinski definition) is 1. The average molecular weight is 264 g/mol. The number of carboxylic acid groups (broad SMARTS) is 1. The Bertz CT molecular complexity index is 463. The average Bonchev–Trinajstić information content (AvgIpc) is 2.40.